The minimum Gasteiger partial charge on any atom is -0.261 e. The average molecular weight is 133 g/mol. The normalized spacial score (nSPS) is 22.8. The lowest BCUT2D eigenvalue weighted by Crippen LogP contribution is -1.91. The summed E-state index contributed by atoms with van der Waals surface area (Å²) < 4.78 is 15.4. The lowest BCUT2D eigenvalue weighted by molar-refractivity contribution is 1.03. The zero-order chi connectivity index (χ0) is 8.60. The van der Waals surface area contributed by atoms with Gasteiger partial charge in [0, 0.05) is 8.96 Å². The zero-order valence-corrected chi connectivity index (χ0v) is 5.54. The minimum absolute atomic E-state index is 0.379. The first kappa shape index (κ1) is 3.91. The van der Waals surface area contributed by atoms with Gasteiger partial charge in [-0.3, -0.25) is 4.99 Å². The van der Waals surface area contributed by atoms with Crippen LogP contribution in [-0.2, 0) is 6.37 Å². The smallest absolute Gasteiger partial charge is 0.0657 e. The third-order valence-electron chi connectivity index (χ3n) is 1.52. The molecule has 0 aromatic heterocycles. The van der Waals surface area contributed by atoms with Crippen molar-refractivity contribution in [2.45, 2.75) is 12.8 Å². The molecular weight excluding hydrogens is 122 g/mol. The maximum atomic E-state index is 7.68. The van der Waals surface area contributed by atoms with Crippen LogP contribution in [-0.4, -0.2) is 6.21 Å². The number of para-hydroxylation sites is 1. The van der Waals surface area contributed by atoms with Crippen LogP contribution in [0.15, 0.2) is 29.3 Å². The summed E-state index contributed by atoms with van der Waals surface area (Å²) in [6.45, 7) is 0. The molecular formula is C9H9N. The fourth-order valence-electron chi connectivity index (χ4n) is 1.04. The lowest BCUT2D eigenvalue weighted by Gasteiger charge is -2.07. The standard InChI is InChI=1S/C9H9N/c1-2-6-9-8(4-1)5-3-7-10-9/h1-2,4,6-7H,3,5H2/i5D2. The van der Waals surface area contributed by atoms with Gasteiger partial charge in [-0.25, -0.2) is 0 Å². The first-order chi connectivity index (χ1) is 5.70. The summed E-state index contributed by atoms with van der Waals surface area (Å²) in [6, 6.07) is 7.35. The summed E-state index contributed by atoms with van der Waals surface area (Å²) in [5.74, 6) is 0. The quantitative estimate of drug-likeness (QED) is 0.515. The number of fused-ring (bicyclic) bond motifs is 1. The molecule has 1 heterocycles. The lowest BCUT2D eigenvalue weighted by atomic mass is 10.1. The molecule has 0 saturated heterocycles. The van der Waals surface area contributed by atoms with Gasteiger partial charge in [-0.05, 0) is 24.4 Å². The van der Waals surface area contributed by atoms with Crippen molar-refractivity contribution >= 4 is 11.9 Å². The molecule has 50 valence electrons. The Kier molecular flexibility index (Phi) is 0.882. The predicted molar refractivity (Wildman–Crippen MR) is 42.9 cm³/mol. The Bertz CT molecular complexity index is 331. The second-order valence-electron chi connectivity index (χ2n) is 2.21. The molecule has 0 unspecified atom stereocenters. The maximum absolute atomic E-state index is 7.68. The highest BCUT2D eigenvalue weighted by molar-refractivity contribution is 5.68. The molecule has 1 aliphatic heterocycles. The molecule has 0 spiro atoms. The predicted octanol–water partition coefficient (Wildman–Crippen LogP) is 2.34. The van der Waals surface area contributed by atoms with E-state index < -0.39 is 6.37 Å². The monoisotopic (exact) mass is 133 g/mol. The van der Waals surface area contributed by atoms with Gasteiger partial charge in [0.15, 0.2) is 0 Å². The van der Waals surface area contributed by atoms with Crippen LogP contribution in [0.5, 0.6) is 0 Å². The summed E-state index contributed by atoms with van der Waals surface area (Å²) in [5, 5.41) is 0. The number of aryl methyl sites for hydroxylation is 1. The van der Waals surface area contributed by atoms with E-state index in [0.29, 0.717) is 12.0 Å². The molecule has 1 aromatic carbocycles. The number of hydrogen-bond acceptors (Lipinski definition) is 1. The number of benzene rings is 1. The SMILES string of the molecule is [2H]C1([2H])CC=Nc2ccccc21. The maximum Gasteiger partial charge on any atom is 0.0657 e. The Labute approximate surface area is 63.2 Å². The van der Waals surface area contributed by atoms with E-state index in [1.54, 1.807) is 12.3 Å². The summed E-state index contributed by atoms with van der Waals surface area (Å²) >= 11 is 0. The highest BCUT2D eigenvalue weighted by atomic mass is 14.7. The molecule has 0 bridgehead atoms. The van der Waals surface area contributed by atoms with Crippen LogP contribution in [0.1, 0.15) is 14.7 Å². The van der Waals surface area contributed by atoms with Crippen molar-refractivity contribution in [2.24, 2.45) is 4.99 Å². The summed E-state index contributed by atoms with van der Waals surface area (Å²) in [5.41, 5.74) is 1.46. The van der Waals surface area contributed by atoms with Crippen LogP contribution in [0.25, 0.3) is 0 Å². The van der Waals surface area contributed by atoms with Crippen LogP contribution in [0.3, 0.4) is 0 Å². The Morgan fingerprint density at radius 2 is 2.30 bits per heavy atom. The van der Waals surface area contributed by atoms with Crippen molar-refractivity contribution in [3.05, 3.63) is 29.8 Å². The van der Waals surface area contributed by atoms with E-state index >= 15 is 0 Å². The molecule has 1 aliphatic rings. The third kappa shape index (κ3) is 0.838. The van der Waals surface area contributed by atoms with Crippen molar-refractivity contribution < 1.29 is 2.74 Å². The molecule has 0 N–H and O–H groups in total. The molecule has 10 heavy (non-hydrogen) atoms. The summed E-state index contributed by atoms with van der Waals surface area (Å²) in [6.07, 6.45) is 0.782. The van der Waals surface area contributed by atoms with Crippen molar-refractivity contribution in [1.29, 1.82) is 0 Å². The number of hydrogen-bond donors (Lipinski definition) is 0. The molecule has 0 aliphatic carbocycles. The van der Waals surface area contributed by atoms with Gasteiger partial charge in [0.2, 0.25) is 0 Å². The highest BCUT2D eigenvalue weighted by Gasteiger charge is 2.01. The van der Waals surface area contributed by atoms with Crippen LogP contribution in [0, 0.1) is 0 Å². The van der Waals surface area contributed by atoms with Gasteiger partial charge in [-0.1, -0.05) is 18.2 Å². The molecule has 0 fully saturated rings. The van der Waals surface area contributed by atoms with Gasteiger partial charge in [-0.15, -0.1) is 0 Å². The molecule has 0 radical (unpaired) electrons. The van der Waals surface area contributed by atoms with Crippen molar-refractivity contribution in [2.75, 3.05) is 0 Å². The van der Waals surface area contributed by atoms with Crippen LogP contribution in [0.4, 0.5) is 5.69 Å². The Morgan fingerprint density at radius 1 is 1.40 bits per heavy atom. The number of aliphatic imine (C=N–C) groups is 1. The van der Waals surface area contributed by atoms with E-state index in [1.165, 1.54) is 0 Å². The molecule has 1 heteroatoms. The summed E-state index contributed by atoms with van der Waals surface area (Å²) in [7, 11) is 0. The van der Waals surface area contributed by atoms with Gasteiger partial charge in [0.05, 0.1) is 5.69 Å². The van der Waals surface area contributed by atoms with Gasteiger partial charge in [-0.2, -0.15) is 0 Å². The van der Waals surface area contributed by atoms with E-state index in [0.717, 1.165) is 5.69 Å². The van der Waals surface area contributed by atoms with Crippen molar-refractivity contribution in [3.8, 4) is 0 Å². The molecule has 0 amide bonds. The first-order valence-corrected chi connectivity index (χ1v) is 3.32. The van der Waals surface area contributed by atoms with E-state index in [-0.39, 0.29) is 0 Å². The Balaban J connectivity index is 2.60. The summed E-state index contributed by atoms with van der Waals surface area (Å²) in [4.78, 5) is 4.12. The molecule has 1 aromatic rings. The van der Waals surface area contributed by atoms with E-state index in [9.17, 15) is 0 Å². The first-order valence-electron chi connectivity index (χ1n) is 4.32. The van der Waals surface area contributed by atoms with E-state index in [4.69, 9.17) is 2.74 Å². The molecule has 1 nitrogen and oxygen atoms in total. The highest BCUT2D eigenvalue weighted by Crippen LogP contribution is 2.22. The van der Waals surface area contributed by atoms with Crippen molar-refractivity contribution in [3.63, 3.8) is 0 Å². The van der Waals surface area contributed by atoms with Crippen molar-refractivity contribution in [1.82, 2.24) is 0 Å². The average Bonchev–Trinajstić information content (AvgIpc) is 2.04. The Hall–Kier alpha value is -1.11. The number of rotatable bonds is 0. The van der Waals surface area contributed by atoms with E-state index in [1.807, 2.05) is 18.2 Å². The second-order valence-corrected chi connectivity index (χ2v) is 2.21. The van der Waals surface area contributed by atoms with Crippen LogP contribution in [0.2, 0.25) is 0 Å². The fourth-order valence-corrected chi connectivity index (χ4v) is 1.04. The van der Waals surface area contributed by atoms with Gasteiger partial charge >= 0.3 is 0 Å². The van der Waals surface area contributed by atoms with Crippen LogP contribution >= 0.6 is 0 Å². The van der Waals surface area contributed by atoms with Crippen LogP contribution < -0.4 is 0 Å². The minimum atomic E-state index is -1.24. The molecule has 0 atom stereocenters. The molecule has 2 rings (SSSR count). The third-order valence-corrected chi connectivity index (χ3v) is 1.52. The second kappa shape index (κ2) is 2.25. The van der Waals surface area contributed by atoms with Gasteiger partial charge in [0.25, 0.3) is 0 Å². The van der Waals surface area contributed by atoms with E-state index in [2.05, 4.69) is 4.99 Å². The largest absolute Gasteiger partial charge is 0.261 e. The number of nitrogens with zero attached hydrogens (tertiary/aromatic N) is 1. The fraction of sp³-hybridized carbons (Fsp3) is 0.222. The topological polar surface area (TPSA) is 12.4 Å². The Morgan fingerprint density at radius 3 is 3.20 bits per heavy atom. The van der Waals surface area contributed by atoms with Gasteiger partial charge < -0.3 is 0 Å². The zero-order valence-electron chi connectivity index (χ0n) is 7.54. The van der Waals surface area contributed by atoms with Gasteiger partial charge in [0.1, 0.15) is 0 Å². The molecule has 0 saturated carbocycles.